The molecule has 1 atom stereocenters. The van der Waals surface area contributed by atoms with Crippen LogP contribution in [0.15, 0.2) is 12.1 Å². The molecule has 0 bridgehead atoms. The zero-order chi connectivity index (χ0) is 13.5. The fraction of sp³-hybridized carbons (Fsp3) is 0.333. The maximum Gasteiger partial charge on any atom is 0.307 e. The Labute approximate surface area is 122 Å². The average molecular weight is 405 g/mol. The normalized spacial score (nSPS) is 20.5. The molecular weight excluding hydrogens is 398 g/mol. The van der Waals surface area contributed by atoms with Gasteiger partial charge in [0.05, 0.1) is 3.57 Å². The maximum absolute atomic E-state index is 12.8. The van der Waals surface area contributed by atoms with Crippen LogP contribution in [-0.4, -0.2) is 31.1 Å². The standard InChI is InChI=1S/C9H7ClFIN2O3S/c10-9-6(12)1-2-7(13-9)14-4-5(3-8(14)15)18(11,16)17/h1-2,5H,3-4H2. The lowest BCUT2D eigenvalue weighted by Crippen LogP contribution is -2.27. The van der Waals surface area contributed by atoms with Crippen molar-refractivity contribution in [2.24, 2.45) is 0 Å². The van der Waals surface area contributed by atoms with Crippen LogP contribution in [0.3, 0.4) is 0 Å². The predicted molar refractivity (Wildman–Crippen MR) is 72.7 cm³/mol. The Morgan fingerprint density at radius 3 is 2.67 bits per heavy atom. The molecule has 2 rings (SSSR count). The lowest BCUT2D eigenvalue weighted by molar-refractivity contribution is -0.117. The average Bonchev–Trinajstić information content (AvgIpc) is 2.64. The molecule has 1 aliphatic rings. The Kier molecular flexibility index (Phi) is 3.79. The summed E-state index contributed by atoms with van der Waals surface area (Å²) in [7, 11) is -4.72. The van der Waals surface area contributed by atoms with E-state index in [4.69, 9.17) is 11.6 Å². The molecule has 9 heteroatoms. The molecule has 0 saturated carbocycles. The smallest absolute Gasteiger partial charge is 0.295 e. The monoisotopic (exact) mass is 404 g/mol. The minimum atomic E-state index is -4.72. The van der Waals surface area contributed by atoms with Crippen molar-refractivity contribution in [3.63, 3.8) is 0 Å². The molecule has 0 N–H and O–H groups in total. The Bertz CT molecular complexity index is 610. The summed E-state index contributed by atoms with van der Waals surface area (Å²) in [5, 5.41) is -1.11. The number of halogens is 3. The summed E-state index contributed by atoms with van der Waals surface area (Å²) in [5.74, 6) is -0.248. The van der Waals surface area contributed by atoms with Crippen molar-refractivity contribution in [2.45, 2.75) is 11.7 Å². The first-order valence-corrected chi connectivity index (χ1v) is 7.75. The molecule has 98 valence electrons. The highest BCUT2D eigenvalue weighted by Gasteiger charge is 2.39. The maximum atomic E-state index is 12.8. The molecule has 0 spiro atoms. The van der Waals surface area contributed by atoms with Gasteiger partial charge in [-0.1, -0.05) is 11.6 Å². The third kappa shape index (κ3) is 2.75. The third-order valence-corrected chi connectivity index (χ3v) is 5.14. The topological polar surface area (TPSA) is 67.3 Å². The van der Waals surface area contributed by atoms with Crippen LogP contribution >= 0.6 is 34.2 Å². The molecule has 18 heavy (non-hydrogen) atoms. The highest BCUT2D eigenvalue weighted by Crippen LogP contribution is 2.27. The molecule has 1 aromatic rings. The first-order chi connectivity index (χ1) is 8.29. The molecule has 1 fully saturated rings. The third-order valence-electron chi connectivity index (χ3n) is 2.55. The van der Waals surface area contributed by atoms with Gasteiger partial charge in [0.15, 0.2) is 0 Å². The van der Waals surface area contributed by atoms with Gasteiger partial charge in [0.1, 0.15) is 16.2 Å². The van der Waals surface area contributed by atoms with E-state index >= 15 is 0 Å². The Balaban J connectivity index is 2.30. The van der Waals surface area contributed by atoms with E-state index < -0.39 is 21.4 Å². The van der Waals surface area contributed by atoms with Crippen LogP contribution in [0.2, 0.25) is 5.15 Å². The van der Waals surface area contributed by atoms with Gasteiger partial charge >= 0.3 is 10.2 Å². The van der Waals surface area contributed by atoms with Crippen molar-refractivity contribution in [1.82, 2.24) is 4.98 Å². The summed E-state index contributed by atoms with van der Waals surface area (Å²) in [6, 6.07) is 3.19. The highest BCUT2D eigenvalue weighted by atomic mass is 127. The first kappa shape index (κ1) is 13.9. The van der Waals surface area contributed by atoms with Crippen LogP contribution in [-0.2, 0) is 15.0 Å². The van der Waals surface area contributed by atoms with Crippen molar-refractivity contribution in [2.75, 3.05) is 11.4 Å². The van der Waals surface area contributed by atoms with Gasteiger partial charge in [0, 0.05) is 13.0 Å². The minimum Gasteiger partial charge on any atom is -0.295 e. The van der Waals surface area contributed by atoms with Crippen molar-refractivity contribution in [3.8, 4) is 0 Å². The fourth-order valence-electron chi connectivity index (χ4n) is 1.64. The van der Waals surface area contributed by atoms with Crippen LogP contribution in [0.25, 0.3) is 0 Å². The van der Waals surface area contributed by atoms with Gasteiger partial charge in [-0.15, -0.1) is 3.89 Å². The number of pyridine rings is 1. The van der Waals surface area contributed by atoms with Gasteiger partial charge in [-0.25, -0.2) is 4.98 Å². The van der Waals surface area contributed by atoms with Gasteiger partial charge in [0.2, 0.25) is 5.91 Å². The number of nitrogens with zero attached hydrogens (tertiary/aromatic N) is 2. The molecular formula is C9H7ClFIN2O3S. The largest absolute Gasteiger partial charge is 0.307 e. The number of rotatable bonds is 2. The zero-order valence-electron chi connectivity index (χ0n) is 8.81. The molecule has 1 unspecified atom stereocenters. The Hall–Kier alpha value is -0.480. The van der Waals surface area contributed by atoms with Gasteiger partial charge in [0.25, 0.3) is 0 Å². The predicted octanol–water partition coefficient (Wildman–Crippen LogP) is 1.74. The Morgan fingerprint density at radius 2 is 2.17 bits per heavy atom. The second kappa shape index (κ2) is 4.89. The second-order valence-electron chi connectivity index (χ2n) is 3.75. The molecule has 1 saturated heterocycles. The van der Waals surface area contributed by atoms with Crippen molar-refractivity contribution < 1.29 is 17.1 Å². The summed E-state index contributed by atoms with van der Waals surface area (Å²) in [5.41, 5.74) is 0. The van der Waals surface area contributed by atoms with E-state index in [0.29, 0.717) is 3.57 Å². The van der Waals surface area contributed by atoms with Crippen molar-refractivity contribution in [1.29, 1.82) is 0 Å². The SMILES string of the molecule is O=C1CC(S(=O)(=O)F)CN1c1ccc(I)c(Cl)n1. The number of amides is 1. The quantitative estimate of drug-likeness (QED) is 0.428. The summed E-state index contributed by atoms with van der Waals surface area (Å²) >= 11 is 7.79. The molecule has 5 nitrogen and oxygen atoms in total. The molecule has 0 aliphatic carbocycles. The summed E-state index contributed by atoms with van der Waals surface area (Å²) < 4.78 is 35.1. The second-order valence-corrected chi connectivity index (χ2v) is 6.89. The number of aromatic nitrogens is 1. The van der Waals surface area contributed by atoms with Gasteiger partial charge < -0.3 is 0 Å². The van der Waals surface area contributed by atoms with E-state index in [-0.39, 0.29) is 23.9 Å². The van der Waals surface area contributed by atoms with E-state index in [2.05, 4.69) is 4.98 Å². The van der Waals surface area contributed by atoms with Crippen LogP contribution < -0.4 is 4.90 Å². The number of carbonyl (C=O) groups excluding carboxylic acids is 1. The van der Waals surface area contributed by atoms with E-state index in [1.165, 1.54) is 0 Å². The van der Waals surface area contributed by atoms with Crippen LogP contribution in [0.5, 0.6) is 0 Å². The number of hydrogen-bond donors (Lipinski definition) is 0. The summed E-state index contributed by atoms with van der Waals surface area (Å²) in [4.78, 5) is 16.7. The number of carbonyl (C=O) groups is 1. The number of hydrogen-bond acceptors (Lipinski definition) is 4. The van der Waals surface area contributed by atoms with E-state index in [1.54, 1.807) is 12.1 Å². The molecule has 1 aliphatic heterocycles. The van der Waals surface area contributed by atoms with Gasteiger partial charge in [-0.2, -0.15) is 8.42 Å². The molecule has 0 aromatic carbocycles. The first-order valence-electron chi connectivity index (χ1n) is 4.85. The van der Waals surface area contributed by atoms with Crippen molar-refractivity contribution in [3.05, 3.63) is 20.9 Å². The molecule has 0 radical (unpaired) electrons. The van der Waals surface area contributed by atoms with Gasteiger partial charge in [-0.3, -0.25) is 9.69 Å². The van der Waals surface area contributed by atoms with Crippen LogP contribution in [0.4, 0.5) is 9.70 Å². The molecule has 1 amide bonds. The van der Waals surface area contributed by atoms with Crippen molar-refractivity contribution >= 4 is 56.1 Å². The molecule has 2 heterocycles. The summed E-state index contributed by atoms with van der Waals surface area (Å²) in [6.07, 6.45) is -0.371. The lowest BCUT2D eigenvalue weighted by atomic mass is 10.4. The highest BCUT2D eigenvalue weighted by molar-refractivity contribution is 14.1. The number of anilines is 1. The van der Waals surface area contributed by atoms with Gasteiger partial charge in [-0.05, 0) is 34.7 Å². The molecule has 1 aromatic heterocycles. The zero-order valence-corrected chi connectivity index (χ0v) is 12.5. The minimum absolute atomic E-state index is 0.215. The van der Waals surface area contributed by atoms with Crippen LogP contribution in [0, 0.1) is 3.57 Å². The fourth-order valence-corrected chi connectivity index (χ4v) is 2.76. The van der Waals surface area contributed by atoms with Crippen LogP contribution in [0.1, 0.15) is 6.42 Å². The van der Waals surface area contributed by atoms with E-state index in [0.717, 1.165) is 4.90 Å². The summed E-state index contributed by atoms with van der Waals surface area (Å²) in [6.45, 7) is -0.235. The van der Waals surface area contributed by atoms with E-state index in [1.807, 2.05) is 22.6 Å². The van der Waals surface area contributed by atoms with E-state index in [9.17, 15) is 17.1 Å². The lowest BCUT2D eigenvalue weighted by Gasteiger charge is -2.15. The Morgan fingerprint density at radius 1 is 1.50 bits per heavy atom.